The Morgan fingerprint density at radius 3 is 2.00 bits per heavy atom. The van der Waals surface area contributed by atoms with Crippen molar-refractivity contribution in [3.05, 3.63) is 23.8 Å². The predicted molar refractivity (Wildman–Crippen MR) is 97.3 cm³/mol. The maximum atomic E-state index is 11.7. The molecule has 3 atom stereocenters. The topological polar surface area (TPSA) is 34.1 Å². The van der Waals surface area contributed by atoms with Crippen molar-refractivity contribution in [3.63, 3.8) is 0 Å². The van der Waals surface area contributed by atoms with Gasteiger partial charge < -0.3 is 0 Å². The third-order valence-electron chi connectivity index (χ3n) is 5.08. The molecule has 0 aromatic carbocycles. The molecule has 1 aliphatic carbocycles. The molecule has 130 valence electrons. The maximum absolute atomic E-state index is 11.7. The minimum Gasteiger partial charge on any atom is -0.290 e. The molecule has 3 unspecified atom stereocenters. The Morgan fingerprint density at radius 1 is 0.826 bits per heavy atom. The largest absolute Gasteiger partial charge is 0.290 e. The average molecular weight is 319 g/mol. The van der Waals surface area contributed by atoms with Crippen LogP contribution in [0.4, 0.5) is 0 Å². The molecular weight excluding hydrogens is 284 g/mol. The van der Waals surface area contributed by atoms with Crippen molar-refractivity contribution in [1.29, 1.82) is 0 Å². The molecule has 0 saturated heterocycles. The van der Waals surface area contributed by atoms with Crippen LogP contribution in [0.15, 0.2) is 23.8 Å². The zero-order valence-electron chi connectivity index (χ0n) is 15.4. The van der Waals surface area contributed by atoms with Gasteiger partial charge in [-0.05, 0) is 42.4 Å². The lowest BCUT2D eigenvalue weighted by atomic mass is 9.89. The number of allylic oxidation sites excluding steroid dienone is 4. The number of hydrogen-bond donors (Lipinski definition) is 0. The van der Waals surface area contributed by atoms with Crippen molar-refractivity contribution >= 4 is 11.6 Å². The van der Waals surface area contributed by atoms with E-state index in [1.807, 2.05) is 0 Å². The van der Waals surface area contributed by atoms with Crippen LogP contribution in [0.3, 0.4) is 0 Å². The van der Waals surface area contributed by atoms with Gasteiger partial charge in [0.25, 0.3) is 0 Å². The first-order valence-electron chi connectivity index (χ1n) is 9.39. The minimum absolute atomic E-state index is 0.00913. The third kappa shape index (κ3) is 8.29. The molecule has 0 heterocycles. The van der Waals surface area contributed by atoms with Gasteiger partial charge in [0.05, 0.1) is 0 Å². The summed E-state index contributed by atoms with van der Waals surface area (Å²) in [6.07, 6.45) is 14.0. The summed E-state index contributed by atoms with van der Waals surface area (Å²) in [7, 11) is 0. The predicted octanol–water partition coefficient (Wildman–Crippen LogP) is 5.67. The van der Waals surface area contributed by atoms with Crippen LogP contribution in [0.5, 0.6) is 0 Å². The normalized spacial score (nSPS) is 18.7. The summed E-state index contributed by atoms with van der Waals surface area (Å²) < 4.78 is 0. The molecule has 0 aliphatic heterocycles. The summed E-state index contributed by atoms with van der Waals surface area (Å²) in [4.78, 5) is 23.1. The molecule has 0 amide bonds. The highest BCUT2D eigenvalue weighted by Crippen LogP contribution is 2.23. The number of ketones is 2. The highest BCUT2D eigenvalue weighted by Gasteiger charge is 2.16. The van der Waals surface area contributed by atoms with Gasteiger partial charge in [-0.3, -0.25) is 9.59 Å². The third-order valence-corrected chi connectivity index (χ3v) is 5.08. The Balaban J connectivity index is 2.17. The van der Waals surface area contributed by atoms with E-state index < -0.39 is 0 Å². The standard InChI is InChI=1S/C21H34O2/c1-5-16(2)8-6-9-17(3)10-7-11-18(4)14-19-15-20(22)12-13-21(19)23/h12-13,15-18H,5-11,14H2,1-4H3. The van der Waals surface area contributed by atoms with Gasteiger partial charge in [-0.2, -0.15) is 0 Å². The first-order chi connectivity index (χ1) is 10.9. The molecule has 0 fully saturated rings. The average Bonchev–Trinajstić information content (AvgIpc) is 2.50. The lowest BCUT2D eigenvalue weighted by molar-refractivity contribution is -0.114. The summed E-state index contributed by atoms with van der Waals surface area (Å²) in [6.45, 7) is 9.15. The number of hydrogen-bond acceptors (Lipinski definition) is 2. The zero-order valence-corrected chi connectivity index (χ0v) is 15.4. The second-order valence-corrected chi connectivity index (χ2v) is 7.56. The van der Waals surface area contributed by atoms with Crippen LogP contribution < -0.4 is 0 Å². The van der Waals surface area contributed by atoms with Gasteiger partial charge in [-0.25, -0.2) is 0 Å². The molecule has 0 radical (unpaired) electrons. The van der Waals surface area contributed by atoms with Gasteiger partial charge >= 0.3 is 0 Å². The quantitative estimate of drug-likeness (QED) is 0.460. The second kappa shape index (κ2) is 10.6. The maximum Gasteiger partial charge on any atom is 0.182 e. The molecule has 0 bridgehead atoms. The molecule has 23 heavy (non-hydrogen) atoms. The van der Waals surface area contributed by atoms with E-state index >= 15 is 0 Å². The second-order valence-electron chi connectivity index (χ2n) is 7.56. The summed E-state index contributed by atoms with van der Waals surface area (Å²) in [5.74, 6) is 2.08. The molecule has 1 rings (SSSR count). The lowest BCUT2D eigenvalue weighted by Gasteiger charge is -2.16. The van der Waals surface area contributed by atoms with Crippen LogP contribution in [-0.2, 0) is 9.59 Å². The van der Waals surface area contributed by atoms with Crippen LogP contribution in [-0.4, -0.2) is 11.6 Å². The van der Waals surface area contributed by atoms with E-state index in [2.05, 4.69) is 27.7 Å². The molecule has 0 aromatic rings. The Kier molecular flexibility index (Phi) is 9.13. The van der Waals surface area contributed by atoms with Gasteiger partial charge in [0, 0.05) is 5.57 Å². The molecule has 0 saturated carbocycles. The Bertz CT molecular complexity index is 445. The van der Waals surface area contributed by atoms with Gasteiger partial charge in [0.1, 0.15) is 0 Å². The molecule has 0 aromatic heterocycles. The molecule has 1 aliphatic rings. The van der Waals surface area contributed by atoms with Gasteiger partial charge in [-0.15, -0.1) is 0 Å². The van der Waals surface area contributed by atoms with Crippen LogP contribution in [0.2, 0.25) is 0 Å². The summed E-state index contributed by atoms with van der Waals surface area (Å²) >= 11 is 0. The van der Waals surface area contributed by atoms with E-state index in [4.69, 9.17) is 0 Å². The Labute approximate surface area is 142 Å². The molecule has 2 heteroatoms. The molecular formula is C21H34O2. The Morgan fingerprint density at radius 2 is 1.39 bits per heavy atom. The van der Waals surface area contributed by atoms with Crippen molar-refractivity contribution < 1.29 is 9.59 Å². The van der Waals surface area contributed by atoms with Crippen LogP contribution >= 0.6 is 0 Å². The fraction of sp³-hybridized carbons (Fsp3) is 0.714. The summed E-state index contributed by atoms with van der Waals surface area (Å²) in [6, 6.07) is 0. The SMILES string of the molecule is CCC(C)CCCC(C)CCCC(C)CC1=CC(=O)C=CC1=O. The number of carbonyl (C=O) groups is 2. The summed E-state index contributed by atoms with van der Waals surface area (Å²) in [5.41, 5.74) is 0.687. The first kappa shape index (κ1) is 19.9. The number of carbonyl (C=O) groups excluding carboxylic acids is 2. The Hall–Kier alpha value is -1.18. The fourth-order valence-electron chi connectivity index (χ4n) is 3.17. The van der Waals surface area contributed by atoms with Crippen molar-refractivity contribution in [2.45, 2.75) is 79.1 Å². The highest BCUT2D eigenvalue weighted by atomic mass is 16.1. The molecule has 2 nitrogen and oxygen atoms in total. The van der Waals surface area contributed by atoms with Gasteiger partial charge in [0.2, 0.25) is 0 Å². The first-order valence-corrected chi connectivity index (χ1v) is 9.39. The van der Waals surface area contributed by atoms with E-state index in [9.17, 15) is 9.59 Å². The van der Waals surface area contributed by atoms with Crippen LogP contribution in [0.1, 0.15) is 79.1 Å². The minimum atomic E-state index is -0.0540. The van der Waals surface area contributed by atoms with Crippen LogP contribution in [0.25, 0.3) is 0 Å². The van der Waals surface area contributed by atoms with Gasteiger partial charge in [-0.1, -0.05) is 72.6 Å². The van der Waals surface area contributed by atoms with E-state index in [1.165, 1.54) is 56.8 Å². The molecule has 0 N–H and O–H groups in total. The fourth-order valence-corrected chi connectivity index (χ4v) is 3.17. The smallest absolute Gasteiger partial charge is 0.182 e. The highest BCUT2D eigenvalue weighted by molar-refractivity contribution is 6.17. The summed E-state index contributed by atoms with van der Waals surface area (Å²) in [5, 5.41) is 0. The number of rotatable bonds is 11. The van der Waals surface area contributed by atoms with E-state index in [-0.39, 0.29) is 11.6 Å². The van der Waals surface area contributed by atoms with Crippen molar-refractivity contribution in [1.82, 2.24) is 0 Å². The van der Waals surface area contributed by atoms with Crippen molar-refractivity contribution in [3.8, 4) is 0 Å². The van der Waals surface area contributed by atoms with Crippen molar-refractivity contribution in [2.24, 2.45) is 17.8 Å². The van der Waals surface area contributed by atoms with E-state index in [1.54, 1.807) is 0 Å². The lowest BCUT2D eigenvalue weighted by Crippen LogP contribution is -2.11. The zero-order chi connectivity index (χ0) is 17.2. The van der Waals surface area contributed by atoms with E-state index in [0.29, 0.717) is 11.5 Å². The van der Waals surface area contributed by atoms with Crippen LogP contribution in [0, 0.1) is 17.8 Å². The molecule has 0 spiro atoms. The van der Waals surface area contributed by atoms with Gasteiger partial charge in [0.15, 0.2) is 11.6 Å². The monoisotopic (exact) mass is 318 g/mol. The van der Waals surface area contributed by atoms with E-state index in [0.717, 1.165) is 24.7 Å². The van der Waals surface area contributed by atoms with Crippen molar-refractivity contribution in [2.75, 3.05) is 0 Å².